The number of thioether (sulfide) groups is 1. The number of aromatic nitrogens is 2. The molecule has 0 unspecified atom stereocenters. The average Bonchev–Trinajstić information content (AvgIpc) is 3.11. The Bertz CT molecular complexity index is 918. The van der Waals surface area contributed by atoms with Crippen LogP contribution in [0.25, 0.3) is 11.5 Å². The number of nitrogens with one attached hydrogen (secondary N) is 1. The van der Waals surface area contributed by atoms with E-state index in [1.165, 1.54) is 0 Å². The van der Waals surface area contributed by atoms with Crippen LogP contribution in [0, 0.1) is 0 Å². The molecule has 6 nitrogen and oxygen atoms in total. The number of anilines is 1. The number of methoxy groups -OCH3 is 1. The number of hydrogen-bond donors (Lipinski definition) is 1. The Hall–Kier alpha value is -2.03. The summed E-state index contributed by atoms with van der Waals surface area (Å²) in [6.07, 6.45) is 0. The van der Waals surface area contributed by atoms with Crippen LogP contribution in [0.3, 0.4) is 0 Å². The Morgan fingerprint density at radius 2 is 2.04 bits per heavy atom. The summed E-state index contributed by atoms with van der Waals surface area (Å²) < 4.78 is 11.8. The van der Waals surface area contributed by atoms with E-state index in [2.05, 4.69) is 31.4 Å². The van der Waals surface area contributed by atoms with E-state index in [0.29, 0.717) is 22.0 Å². The molecule has 1 aromatic heterocycles. The minimum atomic E-state index is -0.169. The molecule has 0 aliphatic rings. The van der Waals surface area contributed by atoms with Gasteiger partial charge in [-0.15, -0.1) is 10.2 Å². The van der Waals surface area contributed by atoms with Crippen molar-refractivity contribution in [2.75, 3.05) is 18.2 Å². The first-order valence-electron chi connectivity index (χ1n) is 7.41. The standard InChI is InChI=1S/C17H13BrClN3O3S/c1-24-14-7-4-11(19)8-13(14)16-21-22-17(25-16)26-9-15(23)20-12-5-2-10(18)3-6-12/h2-8H,9H2,1H3,(H,20,23). The molecule has 1 heterocycles. The smallest absolute Gasteiger partial charge is 0.277 e. The summed E-state index contributed by atoms with van der Waals surface area (Å²) in [5.41, 5.74) is 1.31. The number of ether oxygens (including phenoxy) is 1. The van der Waals surface area contributed by atoms with Crippen LogP contribution in [0.4, 0.5) is 5.69 Å². The number of rotatable bonds is 6. The van der Waals surface area contributed by atoms with Crippen molar-refractivity contribution < 1.29 is 13.9 Å². The molecule has 2 aromatic carbocycles. The van der Waals surface area contributed by atoms with Crippen molar-refractivity contribution in [3.05, 3.63) is 52.0 Å². The molecule has 26 heavy (non-hydrogen) atoms. The van der Waals surface area contributed by atoms with Crippen LogP contribution < -0.4 is 10.1 Å². The fourth-order valence-electron chi connectivity index (χ4n) is 2.08. The van der Waals surface area contributed by atoms with Gasteiger partial charge in [0, 0.05) is 15.2 Å². The van der Waals surface area contributed by atoms with E-state index in [4.69, 9.17) is 20.8 Å². The summed E-state index contributed by atoms with van der Waals surface area (Å²) in [4.78, 5) is 12.0. The first kappa shape index (κ1) is 18.8. The van der Waals surface area contributed by atoms with Gasteiger partial charge in [-0.25, -0.2) is 0 Å². The van der Waals surface area contributed by atoms with Gasteiger partial charge in [-0.2, -0.15) is 0 Å². The predicted molar refractivity (Wildman–Crippen MR) is 105 cm³/mol. The summed E-state index contributed by atoms with van der Waals surface area (Å²) >= 11 is 10.5. The Balaban J connectivity index is 1.63. The van der Waals surface area contributed by atoms with Gasteiger partial charge in [0.2, 0.25) is 5.91 Å². The molecular weight excluding hydrogens is 442 g/mol. The van der Waals surface area contributed by atoms with Gasteiger partial charge in [0.05, 0.1) is 18.4 Å². The van der Waals surface area contributed by atoms with Gasteiger partial charge >= 0.3 is 0 Å². The van der Waals surface area contributed by atoms with E-state index in [-0.39, 0.29) is 22.8 Å². The second-order valence-electron chi connectivity index (χ2n) is 5.06. The van der Waals surface area contributed by atoms with Crippen molar-refractivity contribution in [2.45, 2.75) is 5.22 Å². The molecule has 0 saturated carbocycles. The van der Waals surface area contributed by atoms with E-state index < -0.39 is 0 Å². The van der Waals surface area contributed by atoms with Crippen LogP contribution in [-0.2, 0) is 4.79 Å². The van der Waals surface area contributed by atoms with Gasteiger partial charge in [-0.3, -0.25) is 4.79 Å². The number of nitrogens with zero attached hydrogens (tertiary/aromatic N) is 2. The normalized spacial score (nSPS) is 10.6. The zero-order valence-electron chi connectivity index (χ0n) is 13.5. The molecule has 3 aromatic rings. The lowest BCUT2D eigenvalue weighted by atomic mass is 10.2. The lowest BCUT2D eigenvalue weighted by molar-refractivity contribution is -0.113. The highest BCUT2D eigenvalue weighted by molar-refractivity contribution is 9.10. The first-order chi connectivity index (χ1) is 12.5. The molecule has 0 saturated heterocycles. The van der Waals surface area contributed by atoms with Crippen LogP contribution >= 0.6 is 39.3 Å². The second-order valence-corrected chi connectivity index (χ2v) is 7.34. The first-order valence-corrected chi connectivity index (χ1v) is 9.56. The van der Waals surface area contributed by atoms with Crippen LogP contribution in [0.1, 0.15) is 0 Å². The quantitative estimate of drug-likeness (QED) is 0.534. The molecule has 0 aliphatic heterocycles. The maximum absolute atomic E-state index is 12.0. The summed E-state index contributed by atoms with van der Waals surface area (Å²) in [6, 6.07) is 12.4. The van der Waals surface area contributed by atoms with Crippen LogP contribution in [0.5, 0.6) is 5.75 Å². The zero-order valence-corrected chi connectivity index (χ0v) is 16.7. The van der Waals surface area contributed by atoms with Gasteiger partial charge in [0.15, 0.2) is 0 Å². The van der Waals surface area contributed by atoms with E-state index >= 15 is 0 Å². The summed E-state index contributed by atoms with van der Waals surface area (Å²) in [7, 11) is 1.55. The van der Waals surface area contributed by atoms with Gasteiger partial charge < -0.3 is 14.5 Å². The van der Waals surface area contributed by atoms with Crippen LogP contribution in [-0.4, -0.2) is 29.0 Å². The molecule has 0 aliphatic carbocycles. The van der Waals surface area contributed by atoms with E-state index in [0.717, 1.165) is 16.2 Å². The molecule has 9 heteroatoms. The summed E-state index contributed by atoms with van der Waals surface area (Å²) in [5.74, 6) is 0.824. The maximum Gasteiger partial charge on any atom is 0.277 e. The Kier molecular flexibility index (Phi) is 6.18. The van der Waals surface area contributed by atoms with Crippen LogP contribution in [0.15, 0.2) is 56.6 Å². The molecule has 0 bridgehead atoms. The van der Waals surface area contributed by atoms with Gasteiger partial charge in [0.1, 0.15) is 5.75 Å². The van der Waals surface area contributed by atoms with Crippen molar-refractivity contribution >= 4 is 50.9 Å². The Labute approximate surface area is 167 Å². The van der Waals surface area contributed by atoms with Gasteiger partial charge in [-0.05, 0) is 42.5 Å². The van der Waals surface area contributed by atoms with Gasteiger partial charge in [0.25, 0.3) is 11.1 Å². The largest absolute Gasteiger partial charge is 0.496 e. The minimum Gasteiger partial charge on any atom is -0.496 e. The summed E-state index contributed by atoms with van der Waals surface area (Å²) in [6.45, 7) is 0. The monoisotopic (exact) mass is 453 g/mol. The molecule has 134 valence electrons. The molecule has 0 radical (unpaired) electrons. The molecule has 0 fully saturated rings. The van der Waals surface area contributed by atoms with Crippen molar-refractivity contribution in [1.29, 1.82) is 0 Å². The highest BCUT2D eigenvalue weighted by Gasteiger charge is 2.15. The lowest BCUT2D eigenvalue weighted by Crippen LogP contribution is -2.13. The Morgan fingerprint density at radius 3 is 2.77 bits per heavy atom. The minimum absolute atomic E-state index is 0.143. The average molecular weight is 455 g/mol. The second kappa shape index (κ2) is 8.57. The zero-order chi connectivity index (χ0) is 18.5. The molecule has 1 N–H and O–H groups in total. The third kappa shape index (κ3) is 4.78. The molecule has 0 spiro atoms. The number of amides is 1. The Morgan fingerprint density at radius 1 is 1.27 bits per heavy atom. The molecule has 1 amide bonds. The van der Waals surface area contributed by atoms with Crippen LogP contribution in [0.2, 0.25) is 5.02 Å². The highest BCUT2D eigenvalue weighted by Crippen LogP contribution is 2.33. The van der Waals surface area contributed by atoms with Crippen molar-refractivity contribution in [3.8, 4) is 17.2 Å². The van der Waals surface area contributed by atoms with Gasteiger partial charge in [-0.1, -0.05) is 39.3 Å². The SMILES string of the molecule is COc1ccc(Cl)cc1-c1nnc(SCC(=O)Nc2ccc(Br)cc2)o1. The maximum atomic E-state index is 12.0. The van der Waals surface area contributed by atoms with Crippen molar-refractivity contribution in [2.24, 2.45) is 0 Å². The number of carbonyl (C=O) groups is 1. The molecular formula is C17H13BrClN3O3S. The highest BCUT2D eigenvalue weighted by atomic mass is 79.9. The number of hydrogen-bond acceptors (Lipinski definition) is 6. The number of halogens is 2. The third-order valence-electron chi connectivity index (χ3n) is 3.25. The third-order valence-corrected chi connectivity index (χ3v) is 4.84. The summed E-state index contributed by atoms with van der Waals surface area (Å²) in [5, 5.41) is 11.6. The van der Waals surface area contributed by atoms with E-state index in [1.54, 1.807) is 25.3 Å². The fourth-order valence-corrected chi connectivity index (χ4v) is 3.08. The van der Waals surface area contributed by atoms with Crippen molar-refractivity contribution in [3.63, 3.8) is 0 Å². The van der Waals surface area contributed by atoms with E-state index in [9.17, 15) is 4.79 Å². The molecule has 3 rings (SSSR count). The number of benzene rings is 2. The fraction of sp³-hybridized carbons (Fsp3) is 0.118. The number of carbonyl (C=O) groups excluding carboxylic acids is 1. The lowest BCUT2D eigenvalue weighted by Gasteiger charge is -2.05. The molecule has 0 atom stereocenters. The predicted octanol–water partition coefficient (Wildman–Crippen LogP) is 4.89. The topological polar surface area (TPSA) is 77.2 Å². The van der Waals surface area contributed by atoms with Crippen molar-refractivity contribution in [1.82, 2.24) is 10.2 Å². The van der Waals surface area contributed by atoms with E-state index in [1.807, 2.05) is 24.3 Å².